The lowest BCUT2D eigenvalue weighted by Gasteiger charge is -2.28. The van der Waals surface area contributed by atoms with Crippen LogP contribution < -0.4 is 4.90 Å². The molecule has 11 aromatic carbocycles. The molecule has 2 aromatic heterocycles. The molecule has 0 N–H and O–H groups in total. The van der Waals surface area contributed by atoms with Crippen LogP contribution in [0.25, 0.3) is 103 Å². The lowest BCUT2D eigenvalue weighted by Crippen LogP contribution is -2.11. The van der Waals surface area contributed by atoms with Gasteiger partial charge in [0.15, 0.2) is 0 Å². The molecule has 2 nitrogen and oxygen atoms in total. The first-order chi connectivity index (χ1) is 33.2. The molecular formula is C64H42N2S. The average molecular weight is 871 g/mol. The van der Waals surface area contributed by atoms with E-state index in [1.165, 1.54) is 103 Å². The van der Waals surface area contributed by atoms with Gasteiger partial charge in [-0.1, -0.05) is 194 Å². The van der Waals surface area contributed by atoms with E-state index >= 15 is 0 Å². The van der Waals surface area contributed by atoms with Gasteiger partial charge in [-0.05, 0) is 105 Å². The molecule has 0 saturated carbocycles. The van der Waals surface area contributed by atoms with E-state index in [1.54, 1.807) is 0 Å². The van der Waals surface area contributed by atoms with Crippen molar-refractivity contribution in [3.63, 3.8) is 0 Å². The molecule has 0 spiro atoms. The maximum absolute atomic E-state index is 2.42. The van der Waals surface area contributed by atoms with Crippen LogP contribution in [-0.2, 0) is 0 Å². The number of nitrogens with zero attached hydrogens (tertiary/aromatic N) is 2. The van der Waals surface area contributed by atoms with Gasteiger partial charge >= 0.3 is 0 Å². The van der Waals surface area contributed by atoms with Gasteiger partial charge in [0.25, 0.3) is 0 Å². The van der Waals surface area contributed by atoms with Crippen molar-refractivity contribution in [1.82, 2.24) is 4.57 Å². The zero-order valence-electron chi connectivity index (χ0n) is 36.6. The number of hydrogen-bond acceptors (Lipinski definition) is 2. The summed E-state index contributed by atoms with van der Waals surface area (Å²) in [5.41, 5.74) is 16.5. The minimum atomic E-state index is 1.09. The standard InChI is InChI=1S/C64H42N2S/c1-2-17-50-45(15-1)16-13-23-51(50)46-37-41-49(42-38-46)65(59-26-9-6-21-55(59)56-24-14-30-63-64(56)57-22-7-12-29-62(57)67-63)48-39-35-44(36-40-48)43-31-33-47(34-32-43)52-18-3-8-25-58(52)66-60-27-10-4-19-53(60)54-20-5-11-28-61(54)66/h1-42H. The molecule has 0 atom stereocenters. The lowest BCUT2D eigenvalue weighted by atomic mass is 9.96. The molecule has 67 heavy (non-hydrogen) atoms. The molecule has 13 rings (SSSR count). The van der Waals surface area contributed by atoms with Crippen molar-refractivity contribution in [3.8, 4) is 50.2 Å². The fourth-order valence-electron chi connectivity index (χ4n) is 10.3. The van der Waals surface area contributed by atoms with Crippen LogP contribution in [0.4, 0.5) is 17.1 Å². The molecular weight excluding hydrogens is 829 g/mol. The van der Waals surface area contributed by atoms with E-state index in [4.69, 9.17) is 0 Å². The zero-order valence-corrected chi connectivity index (χ0v) is 37.4. The summed E-state index contributed by atoms with van der Waals surface area (Å²) in [7, 11) is 0. The van der Waals surface area contributed by atoms with Crippen molar-refractivity contribution in [3.05, 3.63) is 255 Å². The second-order valence-electron chi connectivity index (χ2n) is 17.2. The summed E-state index contributed by atoms with van der Waals surface area (Å²) in [6, 6.07) is 93.1. The van der Waals surface area contributed by atoms with Crippen LogP contribution in [0.1, 0.15) is 0 Å². The fourth-order valence-corrected chi connectivity index (χ4v) is 11.5. The second-order valence-corrected chi connectivity index (χ2v) is 18.3. The van der Waals surface area contributed by atoms with Crippen molar-refractivity contribution in [1.29, 1.82) is 0 Å². The van der Waals surface area contributed by atoms with Gasteiger partial charge in [0.1, 0.15) is 0 Å². The number of thiophene rings is 1. The van der Waals surface area contributed by atoms with Crippen molar-refractivity contribution in [2.45, 2.75) is 0 Å². The van der Waals surface area contributed by atoms with Crippen molar-refractivity contribution in [2.24, 2.45) is 0 Å². The highest BCUT2D eigenvalue weighted by Crippen LogP contribution is 2.47. The van der Waals surface area contributed by atoms with Crippen LogP contribution in [0.2, 0.25) is 0 Å². The first kappa shape index (κ1) is 38.9. The Bertz CT molecular complexity index is 3910. The first-order valence-corrected chi connectivity index (χ1v) is 23.7. The molecule has 0 bridgehead atoms. The topological polar surface area (TPSA) is 8.17 Å². The van der Waals surface area contributed by atoms with Gasteiger partial charge in [-0.3, -0.25) is 0 Å². The minimum Gasteiger partial charge on any atom is -0.310 e. The third-order valence-electron chi connectivity index (χ3n) is 13.4. The van der Waals surface area contributed by atoms with Gasteiger partial charge in [0, 0.05) is 53.4 Å². The van der Waals surface area contributed by atoms with Crippen LogP contribution in [0.5, 0.6) is 0 Å². The Morgan fingerprint density at radius 3 is 1.49 bits per heavy atom. The summed E-state index contributed by atoms with van der Waals surface area (Å²) >= 11 is 1.86. The predicted molar refractivity (Wildman–Crippen MR) is 288 cm³/mol. The molecule has 314 valence electrons. The van der Waals surface area contributed by atoms with E-state index in [2.05, 4.69) is 264 Å². The van der Waals surface area contributed by atoms with Crippen molar-refractivity contribution < 1.29 is 0 Å². The smallest absolute Gasteiger partial charge is 0.0541 e. The van der Waals surface area contributed by atoms with Gasteiger partial charge < -0.3 is 9.47 Å². The monoisotopic (exact) mass is 870 g/mol. The van der Waals surface area contributed by atoms with E-state index in [-0.39, 0.29) is 0 Å². The Kier molecular flexibility index (Phi) is 9.40. The number of aromatic nitrogens is 1. The average Bonchev–Trinajstić information content (AvgIpc) is 3.95. The first-order valence-electron chi connectivity index (χ1n) is 22.9. The third-order valence-corrected chi connectivity index (χ3v) is 14.6. The van der Waals surface area contributed by atoms with Gasteiger partial charge in [0.05, 0.1) is 22.4 Å². The van der Waals surface area contributed by atoms with E-state index < -0.39 is 0 Å². The normalized spacial score (nSPS) is 11.6. The molecule has 0 aliphatic heterocycles. The Labute approximate surface area is 393 Å². The second kappa shape index (κ2) is 16.2. The summed E-state index contributed by atoms with van der Waals surface area (Å²) in [5.74, 6) is 0. The Balaban J connectivity index is 0.898. The van der Waals surface area contributed by atoms with E-state index in [9.17, 15) is 0 Å². The van der Waals surface area contributed by atoms with E-state index in [0.717, 1.165) is 17.1 Å². The molecule has 2 heterocycles. The van der Waals surface area contributed by atoms with Gasteiger partial charge in [-0.2, -0.15) is 0 Å². The van der Waals surface area contributed by atoms with E-state index in [1.807, 2.05) is 11.3 Å². The largest absolute Gasteiger partial charge is 0.310 e. The summed E-state index contributed by atoms with van der Waals surface area (Å²) in [6.07, 6.45) is 0. The van der Waals surface area contributed by atoms with Crippen LogP contribution in [0.15, 0.2) is 255 Å². The van der Waals surface area contributed by atoms with Crippen LogP contribution in [0, 0.1) is 0 Å². The van der Waals surface area contributed by atoms with Crippen LogP contribution in [-0.4, -0.2) is 4.57 Å². The van der Waals surface area contributed by atoms with Gasteiger partial charge in [-0.15, -0.1) is 11.3 Å². The van der Waals surface area contributed by atoms with Crippen molar-refractivity contribution >= 4 is 81.1 Å². The van der Waals surface area contributed by atoms with Crippen LogP contribution in [0.3, 0.4) is 0 Å². The number of fused-ring (bicyclic) bond motifs is 7. The molecule has 0 aliphatic rings. The summed E-state index contributed by atoms with van der Waals surface area (Å²) < 4.78 is 5.01. The Morgan fingerprint density at radius 1 is 0.299 bits per heavy atom. The predicted octanol–water partition coefficient (Wildman–Crippen LogP) is 18.4. The number of anilines is 3. The van der Waals surface area contributed by atoms with Gasteiger partial charge in [-0.25, -0.2) is 0 Å². The highest BCUT2D eigenvalue weighted by molar-refractivity contribution is 7.25. The highest BCUT2D eigenvalue weighted by atomic mass is 32.1. The third kappa shape index (κ3) is 6.63. The maximum Gasteiger partial charge on any atom is 0.0541 e. The number of hydrogen-bond donors (Lipinski definition) is 0. The minimum absolute atomic E-state index is 1.09. The highest BCUT2D eigenvalue weighted by Gasteiger charge is 2.21. The molecule has 0 aliphatic carbocycles. The summed E-state index contributed by atoms with van der Waals surface area (Å²) in [6.45, 7) is 0. The molecule has 3 heteroatoms. The molecule has 0 radical (unpaired) electrons. The molecule has 0 amide bonds. The molecule has 0 saturated heterocycles. The number of benzene rings is 11. The number of para-hydroxylation sites is 4. The zero-order chi connectivity index (χ0) is 44.3. The van der Waals surface area contributed by atoms with Crippen molar-refractivity contribution in [2.75, 3.05) is 4.90 Å². The van der Waals surface area contributed by atoms with Crippen LogP contribution >= 0.6 is 11.3 Å². The quantitative estimate of drug-likeness (QED) is 0.148. The maximum atomic E-state index is 2.42. The summed E-state index contributed by atoms with van der Waals surface area (Å²) in [4.78, 5) is 2.42. The Hall–Kier alpha value is -8.50. The summed E-state index contributed by atoms with van der Waals surface area (Å²) in [5, 5.41) is 7.63. The number of rotatable bonds is 8. The molecule has 0 fully saturated rings. The Morgan fingerprint density at radius 2 is 0.761 bits per heavy atom. The molecule has 13 aromatic rings. The van der Waals surface area contributed by atoms with Gasteiger partial charge in [0.2, 0.25) is 0 Å². The lowest BCUT2D eigenvalue weighted by molar-refractivity contribution is 1.18. The molecule has 0 unspecified atom stereocenters. The van der Waals surface area contributed by atoms with E-state index in [0.29, 0.717) is 0 Å². The fraction of sp³-hybridized carbons (Fsp3) is 0. The SMILES string of the molecule is c1ccc(N(c2ccc(-c3ccc(-c4ccccc4-n4c5ccccc5c5ccccc54)cc3)cc2)c2ccc(-c3cccc4ccccc34)cc2)c(-c2cccc3sc4ccccc4c23)c1.